The van der Waals surface area contributed by atoms with Gasteiger partial charge in [-0.25, -0.2) is 13.1 Å². The van der Waals surface area contributed by atoms with E-state index in [4.69, 9.17) is 0 Å². The zero-order chi connectivity index (χ0) is 10.9. The van der Waals surface area contributed by atoms with Crippen LogP contribution in [-0.4, -0.2) is 20.7 Å². The van der Waals surface area contributed by atoms with Crippen LogP contribution in [0.2, 0.25) is 0 Å². The molecule has 0 amide bonds. The van der Waals surface area contributed by atoms with Crippen molar-refractivity contribution in [2.75, 3.05) is 6.26 Å². The third kappa shape index (κ3) is 3.24. The summed E-state index contributed by atoms with van der Waals surface area (Å²) in [6.07, 6.45) is 3.24. The second-order valence-electron chi connectivity index (χ2n) is 4.92. The van der Waals surface area contributed by atoms with Crippen LogP contribution in [0.4, 0.5) is 0 Å². The highest BCUT2D eigenvalue weighted by molar-refractivity contribution is 7.88. The summed E-state index contributed by atoms with van der Waals surface area (Å²) in [5.74, 6) is 2.10. The molecule has 0 saturated heterocycles. The molecule has 0 heterocycles. The molecule has 1 unspecified atom stereocenters. The van der Waals surface area contributed by atoms with Crippen molar-refractivity contribution in [3.63, 3.8) is 0 Å². The fourth-order valence-electron chi connectivity index (χ4n) is 2.03. The second kappa shape index (κ2) is 4.19. The van der Waals surface area contributed by atoms with Crippen molar-refractivity contribution in [3.8, 4) is 0 Å². The molecular formula is C10H21NO2S. The summed E-state index contributed by atoms with van der Waals surface area (Å²) in [6, 6.07) is 0.191. The predicted octanol–water partition coefficient (Wildman–Crippen LogP) is 1.61. The largest absolute Gasteiger partial charge is 0.213 e. The first-order chi connectivity index (χ1) is 6.29. The lowest BCUT2D eigenvalue weighted by molar-refractivity contribution is 0.142. The van der Waals surface area contributed by atoms with Crippen LogP contribution in [0.5, 0.6) is 0 Å². The molecule has 0 spiro atoms. The summed E-state index contributed by atoms with van der Waals surface area (Å²) in [5, 5.41) is 0. The maximum atomic E-state index is 10.9. The van der Waals surface area contributed by atoms with Crippen LogP contribution in [0.3, 0.4) is 0 Å². The Morgan fingerprint density at radius 1 is 1.21 bits per heavy atom. The maximum absolute atomic E-state index is 10.9. The zero-order valence-corrected chi connectivity index (χ0v) is 10.3. The first-order valence-electron chi connectivity index (χ1n) is 5.27. The van der Waals surface area contributed by atoms with E-state index in [1.165, 1.54) is 6.26 Å². The van der Waals surface area contributed by atoms with Crippen LogP contribution in [0.1, 0.15) is 33.6 Å². The molecule has 0 aliphatic heterocycles. The van der Waals surface area contributed by atoms with Gasteiger partial charge in [0, 0.05) is 6.04 Å². The molecule has 14 heavy (non-hydrogen) atoms. The quantitative estimate of drug-likeness (QED) is 0.780. The molecule has 1 rings (SSSR count). The molecule has 1 N–H and O–H groups in total. The van der Waals surface area contributed by atoms with Gasteiger partial charge in [-0.2, -0.15) is 0 Å². The number of rotatable bonds is 4. The van der Waals surface area contributed by atoms with Gasteiger partial charge in [-0.15, -0.1) is 0 Å². The first kappa shape index (κ1) is 12.0. The molecule has 3 nitrogen and oxygen atoms in total. The smallest absolute Gasteiger partial charge is 0.208 e. The lowest BCUT2D eigenvalue weighted by Gasteiger charge is -2.40. The van der Waals surface area contributed by atoms with E-state index >= 15 is 0 Å². The van der Waals surface area contributed by atoms with Crippen molar-refractivity contribution < 1.29 is 8.42 Å². The minimum absolute atomic E-state index is 0.191. The Morgan fingerprint density at radius 3 is 2.07 bits per heavy atom. The minimum Gasteiger partial charge on any atom is -0.213 e. The van der Waals surface area contributed by atoms with Gasteiger partial charge in [-0.05, 0) is 30.6 Å². The summed E-state index contributed by atoms with van der Waals surface area (Å²) >= 11 is 0. The Morgan fingerprint density at radius 2 is 1.71 bits per heavy atom. The standard InChI is InChI=1S/C10H21NO2S/c1-7(2)8(3)9-5-10(6-9)11-14(4,12)13/h7-11H,5-6H2,1-4H3. The van der Waals surface area contributed by atoms with Gasteiger partial charge in [-0.3, -0.25) is 0 Å². The molecule has 0 aromatic heterocycles. The van der Waals surface area contributed by atoms with Gasteiger partial charge in [0.15, 0.2) is 0 Å². The van der Waals surface area contributed by atoms with Gasteiger partial charge >= 0.3 is 0 Å². The predicted molar refractivity (Wildman–Crippen MR) is 58.5 cm³/mol. The van der Waals surface area contributed by atoms with Gasteiger partial charge in [0.2, 0.25) is 10.0 Å². The first-order valence-corrected chi connectivity index (χ1v) is 7.16. The van der Waals surface area contributed by atoms with Crippen LogP contribution in [0.15, 0.2) is 0 Å². The summed E-state index contributed by atoms with van der Waals surface area (Å²) in [7, 11) is -3.00. The van der Waals surface area contributed by atoms with E-state index in [1.54, 1.807) is 0 Å². The molecule has 1 atom stereocenters. The Kier molecular flexibility index (Phi) is 3.58. The number of sulfonamides is 1. The Bertz CT molecular complexity index is 278. The van der Waals surface area contributed by atoms with Crippen molar-refractivity contribution in [1.29, 1.82) is 0 Å². The lowest BCUT2D eigenvalue weighted by atomic mass is 9.70. The molecule has 1 saturated carbocycles. The van der Waals surface area contributed by atoms with Gasteiger partial charge < -0.3 is 0 Å². The average molecular weight is 219 g/mol. The topological polar surface area (TPSA) is 46.2 Å². The van der Waals surface area contributed by atoms with E-state index in [1.807, 2.05) is 0 Å². The van der Waals surface area contributed by atoms with Crippen LogP contribution >= 0.6 is 0 Å². The molecular weight excluding hydrogens is 198 g/mol. The molecule has 4 heteroatoms. The van der Waals surface area contributed by atoms with E-state index in [-0.39, 0.29) is 6.04 Å². The average Bonchev–Trinajstić information content (AvgIpc) is 1.92. The molecule has 1 aliphatic rings. The SMILES string of the molecule is CC(C)C(C)C1CC(NS(C)(=O)=O)C1. The zero-order valence-electron chi connectivity index (χ0n) is 9.45. The van der Waals surface area contributed by atoms with Crippen molar-refractivity contribution >= 4 is 10.0 Å². The number of hydrogen-bond acceptors (Lipinski definition) is 2. The molecule has 0 bridgehead atoms. The van der Waals surface area contributed by atoms with Crippen molar-refractivity contribution in [1.82, 2.24) is 4.72 Å². The van der Waals surface area contributed by atoms with Crippen molar-refractivity contribution in [2.45, 2.75) is 39.7 Å². The van der Waals surface area contributed by atoms with E-state index in [0.29, 0.717) is 17.8 Å². The van der Waals surface area contributed by atoms with Crippen LogP contribution in [0.25, 0.3) is 0 Å². The Labute approximate surface area is 87.3 Å². The van der Waals surface area contributed by atoms with E-state index in [0.717, 1.165) is 12.8 Å². The second-order valence-corrected chi connectivity index (χ2v) is 6.70. The minimum atomic E-state index is -3.00. The maximum Gasteiger partial charge on any atom is 0.208 e. The van der Waals surface area contributed by atoms with Gasteiger partial charge in [-0.1, -0.05) is 20.8 Å². The van der Waals surface area contributed by atoms with E-state index < -0.39 is 10.0 Å². The van der Waals surface area contributed by atoms with Crippen LogP contribution in [-0.2, 0) is 10.0 Å². The van der Waals surface area contributed by atoms with Gasteiger partial charge in [0.05, 0.1) is 6.26 Å². The lowest BCUT2D eigenvalue weighted by Crippen LogP contribution is -2.46. The highest BCUT2D eigenvalue weighted by Crippen LogP contribution is 2.37. The third-order valence-electron chi connectivity index (χ3n) is 3.35. The fraction of sp³-hybridized carbons (Fsp3) is 1.00. The Hall–Kier alpha value is -0.0900. The molecule has 0 aromatic carbocycles. The van der Waals surface area contributed by atoms with E-state index in [2.05, 4.69) is 25.5 Å². The molecule has 1 fully saturated rings. The normalized spacial score (nSPS) is 30.1. The highest BCUT2D eigenvalue weighted by atomic mass is 32.2. The van der Waals surface area contributed by atoms with E-state index in [9.17, 15) is 8.42 Å². The summed E-state index contributed by atoms with van der Waals surface area (Å²) < 4.78 is 24.5. The number of nitrogens with one attached hydrogen (secondary N) is 1. The van der Waals surface area contributed by atoms with Gasteiger partial charge in [0.25, 0.3) is 0 Å². The van der Waals surface area contributed by atoms with Crippen molar-refractivity contribution in [2.24, 2.45) is 17.8 Å². The molecule has 0 radical (unpaired) electrons. The summed E-state index contributed by atoms with van der Waals surface area (Å²) in [4.78, 5) is 0. The molecule has 1 aliphatic carbocycles. The van der Waals surface area contributed by atoms with Crippen LogP contribution < -0.4 is 4.72 Å². The fourth-order valence-corrected chi connectivity index (χ4v) is 2.83. The Balaban J connectivity index is 2.31. The van der Waals surface area contributed by atoms with Crippen LogP contribution in [0, 0.1) is 17.8 Å². The summed E-state index contributed by atoms with van der Waals surface area (Å²) in [6.45, 7) is 6.70. The monoisotopic (exact) mass is 219 g/mol. The molecule has 0 aromatic rings. The highest BCUT2D eigenvalue weighted by Gasteiger charge is 2.35. The molecule has 84 valence electrons. The van der Waals surface area contributed by atoms with Crippen molar-refractivity contribution in [3.05, 3.63) is 0 Å². The number of hydrogen-bond donors (Lipinski definition) is 1. The van der Waals surface area contributed by atoms with Gasteiger partial charge in [0.1, 0.15) is 0 Å². The summed E-state index contributed by atoms with van der Waals surface area (Å²) in [5.41, 5.74) is 0. The third-order valence-corrected chi connectivity index (χ3v) is 4.11.